The summed E-state index contributed by atoms with van der Waals surface area (Å²) in [6.07, 6.45) is 1.50. The normalized spacial score (nSPS) is 11.2. The minimum atomic E-state index is -3.78. The van der Waals surface area contributed by atoms with Crippen molar-refractivity contribution in [1.82, 2.24) is 9.55 Å². The minimum absolute atomic E-state index is 0.0392. The van der Waals surface area contributed by atoms with E-state index < -0.39 is 21.9 Å². The summed E-state index contributed by atoms with van der Waals surface area (Å²) in [4.78, 5) is 29.1. The van der Waals surface area contributed by atoms with Crippen molar-refractivity contribution in [2.75, 3.05) is 16.6 Å². The van der Waals surface area contributed by atoms with Crippen LogP contribution in [0, 0.1) is 13.8 Å². The highest BCUT2D eigenvalue weighted by atomic mass is 32.2. The van der Waals surface area contributed by atoms with Gasteiger partial charge < -0.3 is 14.6 Å². The molecule has 0 bridgehead atoms. The van der Waals surface area contributed by atoms with Crippen molar-refractivity contribution in [2.24, 2.45) is 7.05 Å². The Morgan fingerprint density at radius 2 is 1.87 bits per heavy atom. The summed E-state index contributed by atoms with van der Waals surface area (Å²) in [5.41, 5.74) is 2.23. The van der Waals surface area contributed by atoms with E-state index in [2.05, 4.69) is 15.0 Å². The van der Waals surface area contributed by atoms with E-state index in [0.29, 0.717) is 28.2 Å². The fourth-order valence-electron chi connectivity index (χ4n) is 3.16. The number of thiazole rings is 1. The van der Waals surface area contributed by atoms with Gasteiger partial charge in [0.15, 0.2) is 5.13 Å². The van der Waals surface area contributed by atoms with Crippen molar-refractivity contribution in [3.63, 3.8) is 0 Å². The lowest BCUT2D eigenvalue weighted by Crippen LogP contribution is -2.15. The number of sulfonamides is 1. The van der Waals surface area contributed by atoms with Crippen LogP contribution in [0.25, 0.3) is 0 Å². The van der Waals surface area contributed by atoms with Gasteiger partial charge in [-0.2, -0.15) is 0 Å². The molecule has 0 unspecified atom stereocenters. The molecule has 0 fully saturated rings. The number of nitrogens with zero attached hydrogens (tertiary/aromatic N) is 2. The van der Waals surface area contributed by atoms with Crippen molar-refractivity contribution < 1.29 is 22.7 Å². The maximum absolute atomic E-state index is 12.9. The van der Waals surface area contributed by atoms with Gasteiger partial charge in [0.05, 0.1) is 17.1 Å². The molecule has 0 aliphatic carbocycles. The molecule has 1 amide bonds. The van der Waals surface area contributed by atoms with Crippen molar-refractivity contribution in [3.05, 3.63) is 58.4 Å². The van der Waals surface area contributed by atoms with E-state index >= 15 is 0 Å². The Bertz CT molecular complexity index is 1210. The first-order valence-corrected chi connectivity index (χ1v) is 11.7. The summed E-state index contributed by atoms with van der Waals surface area (Å²) in [6.45, 7) is 5.38. The highest BCUT2D eigenvalue weighted by molar-refractivity contribution is 7.93. The number of amides is 1. The van der Waals surface area contributed by atoms with Gasteiger partial charge in [0.25, 0.3) is 15.9 Å². The number of carbonyl (C=O) groups is 2. The molecule has 164 valence electrons. The monoisotopic (exact) mass is 462 g/mol. The van der Waals surface area contributed by atoms with Crippen LogP contribution in [0.4, 0.5) is 10.8 Å². The fraction of sp³-hybridized carbons (Fsp3) is 0.250. The molecule has 0 aliphatic rings. The number of rotatable bonds is 7. The predicted molar refractivity (Wildman–Crippen MR) is 118 cm³/mol. The molecular formula is C20H22N4O5S2. The zero-order valence-electron chi connectivity index (χ0n) is 17.4. The topological polar surface area (TPSA) is 119 Å². The fourth-order valence-corrected chi connectivity index (χ4v) is 4.95. The maximum atomic E-state index is 12.9. The molecule has 0 radical (unpaired) electrons. The molecule has 11 heteroatoms. The standard InChI is InChI=1S/C20H22N4O5S2/c1-5-29-19(26)17-12(2)16(13(3)24(17)4)18(25)22-14-6-8-15(9-7-14)31(27,28)23-20-21-10-11-30-20/h6-11H,5H2,1-4H3,(H,21,23)(H,22,25). The molecule has 0 aliphatic heterocycles. The van der Waals surface area contributed by atoms with Crippen LogP contribution in [-0.4, -0.2) is 36.5 Å². The number of ether oxygens (including phenoxy) is 1. The van der Waals surface area contributed by atoms with Crippen LogP contribution >= 0.6 is 11.3 Å². The summed E-state index contributed by atoms with van der Waals surface area (Å²) in [6, 6.07) is 5.77. The number of esters is 1. The Balaban J connectivity index is 1.80. The molecule has 2 heterocycles. The largest absolute Gasteiger partial charge is 0.461 e. The van der Waals surface area contributed by atoms with Gasteiger partial charge >= 0.3 is 5.97 Å². The van der Waals surface area contributed by atoms with Crippen molar-refractivity contribution in [1.29, 1.82) is 0 Å². The zero-order chi connectivity index (χ0) is 22.8. The summed E-state index contributed by atoms with van der Waals surface area (Å²) in [7, 11) is -2.09. The molecule has 9 nitrogen and oxygen atoms in total. The summed E-state index contributed by atoms with van der Waals surface area (Å²) >= 11 is 1.17. The van der Waals surface area contributed by atoms with E-state index in [-0.39, 0.29) is 16.6 Å². The Morgan fingerprint density at radius 1 is 1.19 bits per heavy atom. The van der Waals surface area contributed by atoms with Crippen LogP contribution in [0.1, 0.15) is 39.0 Å². The van der Waals surface area contributed by atoms with Crippen LogP contribution < -0.4 is 10.0 Å². The van der Waals surface area contributed by atoms with Crippen LogP contribution in [0.15, 0.2) is 40.7 Å². The van der Waals surface area contributed by atoms with Gasteiger partial charge in [-0.25, -0.2) is 18.2 Å². The first-order chi connectivity index (χ1) is 14.7. The molecule has 3 rings (SSSR count). The Morgan fingerprint density at radius 3 is 2.45 bits per heavy atom. The summed E-state index contributed by atoms with van der Waals surface area (Å²) in [5.74, 6) is -0.899. The van der Waals surface area contributed by atoms with Gasteiger partial charge in [-0.1, -0.05) is 0 Å². The molecule has 1 aromatic carbocycles. The summed E-state index contributed by atoms with van der Waals surface area (Å²) < 4.78 is 33.9. The zero-order valence-corrected chi connectivity index (χ0v) is 19.1. The Labute approximate surface area is 184 Å². The number of hydrogen-bond donors (Lipinski definition) is 2. The highest BCUT2D eigenvalue weighted by Crippen LogP contribution is 2.24. The second kappa shape index (κ2) is 8.90. The Kier molecular flexibility index (Phi) is 6.46. The third-order valence-electron chi connectivity index (χ3n) is 4.70. The third kappa shape index (κ3) is 4.62. The van der Waals surface area contributed by atoms with Gasteiger partial charge in [0.2, 0.25) is 0 Å². The van der Waals surface area contributed by atoms with Gasteiger partial charge in [-0.3, -0.25) is 9.52 Å². The van der Waals surface area contributed by atoms with Crippen molar-refractivity contribution in [2.45, 2.75) is 25.7 Å². The number of nitrogens with one attached hydrogen (secondary N) is 2. The van der Waals surface area contributed by atoms with Crippen molar-refractivity contribution in [3.8, 4) is 0 Å². The van der Waals surface area contributed by atoms with Gasteiger partial charge in [-0.15, -0.1) is 11.3 Å². The third-order valence-corrected chi connectivity index (χ3v) is 6.88. The molecule has 0 spiro atoms. The quantitative estimate of drug-likeness (QED) is 0.520. The molecule has 31 heavy (non-hydrogen) atoms. The van der Waals surface area contributed by atoms with Gasteiger partial charge in [0.1, 0.15) is 5.69 Å². The van der Waals surface area contributed by atoms with E-state index in [1.165, 1.54) is 41.8 Å². The Hall–Kier alpha value is -3.18. The van der Waals surface area contributed by atoms with Crippen LogP contribution in [-0.2, 0) is 21.8 Å². The molecular weight excluding hydrogens is 440 g/mol. The molecule has 0 saturated carbocycles. The molecule has 0 saturated heterocycles. The van der Waals surface area contributed by atoms with Crippen LogP contribution in [0.3, 0.4) is 0 Å². The number of hydrogen-bond acceptors (Lipinski definition) is 7. The van der Waals surface area contributed by atoms with E-state index in [0.717, 1.165) is 0 Å². The second-order valence-electron chi connectivity index (χ2n) is 6.63. The number of anilines is 2. The minimum Gasteiger partial charge on any atom is -0.461 e. The van der Waals surface area contributed by atoms with E-state index in [4.69, 9.17) is 4.74 Å². The SMILES string of the molecule is CCOC(=O)c1c(C)c(C(=O)Nc2ccc(S(=O)(=O)Nc3nccs3)cc2)c(C)n1C. The molecule has 3 aromatic rings. The van der Waals surface area contributed by atoms with Gasteiger partial charge in [-0.05, 0) is 50.6 Å². The van der Waals surface area contributed by atoms with Gasteiger partial charge in [0, 0.05) is 30.0 Å². The molecule has 2 aromatic heterocycles. The smallest absolute Gasteiger partial charge is 0.355 e. The lowest BCUT2D eigenvalue weighted by atomic mass is 10.1. The van der Waals surface area contributed by atoms with Crippen LogP contribution in [0.2, 0.25) is 0 Å². The van der Waals surface area contributed by atoms with E-state index in [1.54, 1.807) is 37.8 Å². The lowest BCUT2D eigenvalue weighted by molar-refractivity contribution is 0.0514. The first kappa shape index (κ1) is 22.5. The number of aromatic nitrogens is 2. The first-order valence-electron chi connectivity index (χ1n) is 9.32. The molecule has 2 N–H and O–H groups in total. The van der Waals surface area contributed by atoms with E-state index in [9.17, 15) is 18.0 Å². The lowest BCUT2D eigenvalue weighted by Gasteiger charge is -2.09. The summed E-state index contributed by atoms with van der Waals surface area (Å²) in [5, 5.41) is 4.68. The molecule has 0 atom stereocenters. The average molecular weight is 463 g/mol. The number of benzene rings is 1. The highest BCUT2D eigenvalue weighted by Gasteiger charge is 2.26. The van der Waals surface area contributed by atoms with E-state index in [1.807, 2.05) is 0 Å². The maximum Gasteiger partial charge on any atom is 0.355 e. The number of carbonyl (C=O) groups excluding carboxylic acids is 2. The van der Waals surface area contributed by atoms with Crippen LogP contribution in [0.5, 0.6) is 0 Å². The second-order valence-corrected chi connectivity index (χ2v) is 9.21. The predicted octanol–water partition coefficient (Wildman–Crippen LogP) is 3.33. The van der Waals surface area contributed by atoms with Crippen molar-refractivity contribution >= 4 is 44.1 Å². The average Bonchev–Trinajstić information content (AvgIpc) is 3.28.